The molecule has 0 saturated carbocycles. The zero-order valence-corrected chi connectivity index (χ0v) is 4.66. The molecular formula is C4H5B2NO. The van der Waals surface area contributed by atoms with Crippen molar-refractivity contribution in [2.24, 2.45) is 5.06 Å². The molecule has 0 spiro atoms. The van der Waals surface area contributed by atoms with Gasteiger partial charge in [-0.3, -0.25) is 0 Å². The van der Waals surface area contributed by atoms with E-state index in [1.54, 1.807) is 7.07 Å². The first-order chi connectivity index (χ1) is 3.89. The average molecular weight is 105 g/mol. The quantitative estimate of drug-likeness (QED) is 0.391. The van der Waals surface area contributed by atoms with Gasteiger partial charge in [0.05, 0.1) is 0 Å². The third kappa shape index (κ3) is 1.37. The van der Waals surface area contributed by atoms with Crippen LogP contribution in [0.15, 0.2) is 28.8 Å². The van der Waals surface area contributed by atoms with Crippen LogP contribution in [0, 0.1) is 0 Å². The van der Waals surface area contributed by atoms with Crippen molar-refractivity contribution in [2.75, 3.05) is 0 Å². The molecule has 4 heteroatoms. The van der Waals surface area contributed by atoms with Crippen LogP contribution in [0.5, 0.6) is 0 Å². The third-order valence-corrected chi connectivity index (χ3v) is 0.816. The van der Waals surface area contributed by atoms with E-state index in [9.17, 15) is 0 Å². The van der Waals surface area contributed by atoms with Gasteiger partial charge in [-0.05, 0) is 0 Å². The predicted molar refractivity (Wildman–Crippen MR) is 35.0 cm³/mol. The van der Waals surface area contributed by atoms with Crippen LogP contribution in [-0.2, 0) is 4.84 Å². The molecule has 0 fully saturated rings. The Kier molecular flexibility index (Phi) is 1.67. The number of nitrogens with zero attached hydrogens (tertiary/aromatic N) is 1. The van der Waals surface area contributed by atoms with Gasteiger partial charge in [0.25, 0.3) is 0 Å². The summed E-state index contributed by atoms with van der Waals surface area (Å²) in [6.07, 6.45) is 5.27. The summed E-state index contributed by atoms with van der Waals surface area (Å²) in [5.41, 5.74) is 0. The predicted octanol–water partition coefficient (Wildman–Crippen LogP) is -0.192. The van der Waals surface area contributed by atoms with E-state index >= 15 is 0 Å². The van der Waals surface area contributed by atoms with E-state index in [1.807, 2.05) is 20.0 Å². The molecule has 8 heavy (non-hydrogen) atoms. The van der Waals surface area contributed by atoms with E-state index < -0.39 is 0 Å². The first-order valence-corrected chi connectivity index (χ1v) is 2.42. The normalized spacial score (nSPS) is 15.8. The molecule has 0 N–H and O–H groups in total. The molecule has 0 aromatic carbocycles. The molecular weight excluding hydrogens is 99.7 g/mol. The van der Waals surface area contributed by atoms with E-state index in [4.69, 9.17) is 0 Å². The van der Waals surface area contributed by atoms with Crippen LogP contribution in [0.1, 0.15) is 0 Å². The standard InChI is InChI=1S/C4H5B2NO/c5-4-2-1-3-8-7-6-4/h1-3H,5H2. The van der Waals surface area contributed by atoms with Crippen molar-refractivity contribution in [3.05, 3.63) is 23.8 Å². The maximum absolute atomic E-state index is 4.60. The van der Waals surface area contributed by atoms with Gasteiger partial charge in [-0.1, -0.05) is 0 Å². The van der Waals surface area contributed by atoms with Crippen molar-refractivity contribution in [3.63, 3.8) is 0 Å². The van der Waals surface area contributed by atoms with Crippen molar-refractivity contribution in [3.8, 4) is 0 Å². The summed E-state index contributed by atoms with van der Waals surface area (Å²) in [5, 5.41) is 4.67. The van der Waals surface area contributed by atoms with Gasteiger partial charge in [-0.15, -0.1) is 0 Å². The van der Waals surface area contributed by atoms with Crippen LogP contribution in [0.25, 0.3) is 0 Å². The fourth-order valence-electron chi connectivity index (χ4n) is 0.418. The summed E-state index contributed by atoms with van der Waals surface area (Å²) in [7, 11) is 3.63. The van der Waals surface area contributed by atoms with Crippen LogP contribution >= 0.6 is 0 Å². The Bertz CT molecular complexity index is 161. The van der Waals surface area contributed by atoms with Crippen LogP contribution in [-0.4, -0.2) is 14.9 Å². The van der Waals surface area contributed by atoms with Gasteiger partial charge in [0.2, 0.25) is 0 Å². The van der Waals surface area contributed by atoms with E-state index in [-0.39, 0.29) is 0 Å². The molecule has 0 unspecified atom stereocenters. The van der Waals surface area contributed by atoms with E-state index in [1.165, 1.54) is 6.26 Å². The van der Waals surface area contributed by atoms with Gasteiger partial charge < -0.3 is 0 Å². The average Bonchev–Trinajstić information content (AvgIpc) is 1.94. The minimum atomic E-state index is 1.10. The molecule has 0 atom stereocenters. The minimum absolute atomic E-state index is 1.10. The monoisotopic (exact) mass is 105 g/mol. The topological polar surface area (TPSA) is 21.6 Å². The van der Waals surface area contributed by atoms with Gasteiger partial charge in [-0.2, -0.15) is 0 Å². The summed E-state index contributed by atoms with van der Waals surface area (Å²) in [5.74, 6) is 0. The van der Waals surface area contributed by atoms with Crippen molar-refractivity contribution in [1.29, 1.82) is 0 Å². The number of hydrogen-bond acceptors (Lipinski definition) is 2. The molecule has 1 aliphatic rings. The van der Waals surface area contributed by atoms with Gasteiger partial charge in [-0.25, -0.2) is 0 Å². The second-order valence-electron chi connectivity index (χ2n) is 1.58. The summed E-state index contributed by atoms with van der Waals surface area (Å²) in [6.45, 7) is 0. The molecule has 1 aliphatic heterocycles. The summed E-state index contributed by atoms with van der Waals surface area (Å²) in [6, 6.07) is 0. The van der Waals surface area contributed by atoms with Crippen LogP contribution < -0.4 is 0 Å². The van der Waals surface area contributed by atoms with E-state index in [2.05, 4.69) is 9.90 Å². The second-order valence-corrected chi connectivity index (χ2v) is 1.58. The second kappa shape index (κ2) is 2.50. The van der Waals surface area contributed by atoms with Gasteiger partial charge in [0.1, 0.15) is 0 Å². The molecule has 1 heterocycles. The number of hydrogen-bond donors (Lipinski definition) is 0. The molecule has 38 valence electrons. The van der Waals surface area contributed by atoms with E-state index in [0.717, 1.165) is 5.37 Å². The molecule has 0 aliphatic carbocycles. The molecule has 0 aromatic rings. The maximum atomic E-state index is 4.60. The fraction of sp³-hybridized carbons (Fsp3) is 0. The summed E-state index contributed by atoms with van der Waals surface area (Å²) < 4.78 is 0. The van der Waals surface area contributed by atoms with Crippen molar-refractivity contribution in [2.45, 2.75) is 0 Å². The molecule has 0 radical (unpaired) electrons. The Morgan fingerprint density at radius 2 is 2.62 bits per heavy atom. The summed E-state index contributed by atoms with van der Waals surface area (Å²) in [4.78, 5) is 4.60. The van der Waals surface area contributed by atoms with E-state index in [0.29, 0.717) is 0 Å². The SMILES string of the molecule is BC1=CC=CON=B1. The van der Waals surface area contributed by atoms with Gasteiger partial charge in [0, 0.05) is 0 Å². The van der Waals surface area contributed by atoms with Crippen molar-refractivity contribution < 1.29 is 4.84 Å². The van der Waals surface area contributed by atoms with Crippen molar-refractivity contribution >= 4 is 14.9 Å². The van der Waals surface area contributed by atoms with Crippen LogP contribution in [0.3, 0.4) is 0 Å². The Balaban J connectivity index is 2.73. The number of allylic oxidation sites excluding steroid dienone is 2. The Labute approximate surface area is 49.6 Å². The Morgan fingerprint density at radius 3 is 3.50 bits per heavy atom. The number of rotatable bonds is 0. The summed E-state index contributed by atoms with van der Waals surface area (Å²) >= 11 is 0. The van der Waals surface area contributed by atoms with Crippen LogP contribution in [0.2, 0.25) is 0 Å². The Hall–Kier alpha value is -0.790. The first-order valence-electron chi connectivity index (χ1n) is 2.42. The molecule has 0 amide bonds. The molecule has 2 nitrogen and oxygen atoms in total. The fourth-order valence-corrected chi connectivity index (χ4v) is 0.418. The zero-order valence-electron chi connectivity index (χ0n) is 4.66. The van der Waals surface area contributed by atoms with Crippen LogP contribution in [0.4, 0.5) is 0 Å². The molecule has 0 bridgehead atoms. The third-order valence-electron chi connectivity index (χ3n) is 0.816. The Morgan fingerprint density at radius 1 is 1.75 bits per heavy atom. The zero-order chi connectivity index (χ0) is 5.82. The van der Waals surface area contributed by atoms with Crippen molar-refractivity contribution in [1.82, 2.24) is 0 Å². The molecule has 0 aromatic heterocycles. The molecule has 1 rings (SSSR count). The molecule has 0 saturated heterocycles. The first kappa shape index (κ1) is 5.35. The van der Waals surface area contributed by atoms with Gasteiger partial charge in [0.15, 0.2) is 0 Å². The van der Waals surface area contributed by atoms with Gasteiger partial charge >= 0.3 is 48.6 Å².